The average molecular weight is 372 g/mol. The first-order valence-corrected chi connectivity index (χ1v) is 9.42. The minimum absolute atomic E-state index is 0.00588. The largest absolute Gasteiger partial charge is 0.366 e. The van der Waals surface area contributed by atoms with Crippen molar-refractivity contribution in [1.29, 1.82) is 0 Å². The summed E-state index contributed by atoms with van der Waals surface area (Å²) in [5.74, 6) is 0.00588. The van der Waals surface area contributed by atoms with Crippen LogP contribution in [-0.4, -0.2) is 43.0 Å². The zero-order valence-electron chi connectivity index (χ0n) is 15.6. The first-order valence-electron chi connectivity index (χ1n) is 9.04. The maximum atomic E-state index is 12.4. The van der Waals surface area contributed by atoms with Crippen LogP contribution in [-0.2, 0) is 4.79 Å². The summed E-state index contributed by atoms with van der Waals surface area (Å²) in [4.78, 5) is 17.1. The van der Waals surface area contributed by atoms with Crippen molar-refractivity contribution in [2.24, 2.45) is 0 Å². The standard InChI is InChI=1S/C21H26ClN3O/c1-15-4-8-19(9-5-15)25-11-10-24(13-17(25)3)14-21(26)23-20-12-18(22)7-6-16(20)2/h4-9,12,17H,10-11,13-14H2,1-3H3,(H,23,26). The smallest absolute Gasteiger partial charge is 0.238 e. The van der Waals surface area contributed by atoms with Crippen molar-refractivity contribution in [3.8, 4) is 0 Å². The van der Waals surface area contributed by atoms with Crippen molar-refractivity contribution in [3.05, 3.63) is 58.6 Å². The highest BCUT2D eigenvalue weighted by Crippen LogP contribution is 2.22. The Hall–Kier alpha value is -2.04. The Kier molecular flexibility index (Phi) is 5.84. The molecule has 2 aromatic rings. The number of nitrogens with zero attached hydrogens (tertiary/aromatic N) is 2. The first kappa shape index (κ1) is 18.7. The molecule has 1 heterocycles. The molecule has 3 rings (SSSR count). The van der Waals surface area contributed by atoms with E-state index < -0.39 is 0 Å². The van der Waals surface area contributed by atoms with Crippen molar-refractivity contribution < 1.29 is 4.79 Å². The third-order valence-electron chi connectivity index (χ3n) is 4.92. The van der Waals surface area contributed by atoms with Crippen LogP contribution >= 0.6 is 11.6 Å². The van der Waals surface area contributed by atoms with E-state index in [4.69, 9.17) is 11.6 Å². The van der Waals surface area contributed by atoms with Gasteiger partial charge in [-0.15, -0.1) is 0 Å². The number of piperazine rings is 1. The molecule has 0 bridgehead atoms. The maximum absolute atomic E-state index is 12.4. The van der Waals surface area contributed by atoms with Gasteiger partial charge in [0.25, 0.3) is 0 Å². The van der Waals surface area contributed by atoms with Crippen molar-refractivity contribution in [3.63, 3.8) is 0 Å². The van der Waals surface area contributed by atoms with Crippen LogP contribution in [0.25, 0.3) is 0 Å². The Balaban J connectivity index is 1.56. The minimum atomic E-state index is 0.00588. The summed E-state index contributed by atoms with van der Waals surface area (Å²) in [5.41, 5.74) is 4.32. The van der Waals surface area contributed by atoms with Gasteiger partial charge in [0.05, 0.1) is 6.54 Å². The average Bonchev–Trinajstić information content (AvgIpc) is 2.59. The highest BCUT2D eigenvalue weighted by atomic mass is 35.5. The molecule has 2 aromatic carbocycles. The van der Waals surface area contributed by atoms with Gasteiger partial charge in [0.2, 0.25) is 5.91 Å². The molecular formula is C21H26ClN3O. The van der Waals surface area contributed by atoms with Crippen LogP contribution in [0.3, 0.4) is 0 Å². The molecule has 1 aliphatic rings. The molecule has 1 fully saturated rings. The minimum Gasteiger partial charge on any atom is -0.366 e. The van der Waals surface area contributed by atoms with Crippen LogP contribution in [0, 0.1) is 13.8 Å². The van der Waals surface area contributed by atoms with Crippen LogP contribution in [0.15, 0.2) is 42.5 Å². The molecule has 26 heavy (non-hydrogen) atoms. The lowest BCUT2D eigenvalue weighted by molar-refractivity contribution is -0.117. The van der Waals surface area contributed by atoms with Gasteiger partial charge in [0, 0.05) is 42.1 Å². The molecule has 1 amide bonds. The number of aryl methyl sites for hydroxylation is 2. The number of halogens is 1. The van der Waals surface area contributed by atoms with Crippen LogP contribution in [0.2, 0.25) is 5.02 Å². The predicted octanol–water partition coefficient (Wildman–Crippen LogP) is 4.11. The van der Waals surface area contributed by atoms with Gasteiger partial charge in [-0.1, -0.05) is 35.4 Å². The van der Waals surface area contributed by atoms with E-state index in [1.54, 1.807) is 6.07 Å². The van der Waals surface area contributed by atoms with Crippen molar-refractivity contribution in [2.75, 3.05) is 36.4 Å². The number of carbonyl (C=O) groups is 1. The lowest BCUT2D eigenvalue weighted by atomic mass is 10.1. The van der Waals surface area contributed by atoms with Crippen molar-refractivity contribution >= 4 is 28.9 Å². The number of rotatable bonds is 4. The van der Waals surface area contributed by atoms with E-state index in [0.717, 1.165) is 30.9 Å². The molecule has 5 heteroatoms. The van der Waals surface area contributed by atoms with Crippen LogP contribution in [0.4, 0.5) is 11.4 Å². The van der Waals surface area contributed by atoms with Gasteiger partial charge in [-0.2, -0.15) is 0 Å². The monoisotopic (exact) mass is 371 g/mol. The second kappa shape index (κ2) is 8.11. The molecular weight excluding hydrogens is 346 g/mol. The summed E-state index contributed by atoms with van der Waals surface area (Å²) in [6, 6.07) is 14.6. The fraction of sp³-hybridized carbons (Fsp3) is 0.381. The summed E-state index contributed by atoms with van der Waals surface area (Å²) in [6.45, 7) is 9.35. The zero-order valence-corrected chi connectivity index (χ0v) is 16.4. The summed E-state index contributed by atoms with van der Waals surface area (Å²) < 4.78 is 0. The number of hydrogen-bond acceptors (Lipinski definition) is 3. The second-order valence-corrected chi connectivity index (χ2v) is 7.56. The third-order valence-corrected chi connectivity index (χ3v) is 5.15. The number of amides is 1. The molecule has 138 valence electrons. The Morgan fingerprint density at radius 1 is 1.15 bits per heavy atom. The molecule has 0 aromatic heterocycles. The van der Waals surface area contributed by atoms with Gasteiger partial charge < -0.3 is 10.2 Å². The van der Waals surface area contributed by atoms with Crippen molar-refractivity contribution in [2.45, 2.75) is 26.8 Å². The number of hydrogen-bond donors (Lipinski definition) is 1. The Bertz CT molecular complexity index is 775. The summed E-state index contributed by atoms with van der Waals surface area (Å²) in [6.07, 6.45) is 0. The lowest BCUT2D eigenvalue weighted by Crippen LogP contribution is -2.53. The molecule has 1 aliphatic heterocycles. The Morgan fingerprint density at radius 3 is 2.58 bits per heavy atom. The second-order valence-electron chi connectivity index (χ2n) is 7.12. The summed E-state index contributed by atoms with van der Waals surface area (Å²) in [7, 11) is 0. The molecule has 0 saturated carbocycles. The van der Waals surface area contributed by atoms with Gasteiger partial charge in [-0.3, -0.25) is 9.69 Å². The van der Waals surface area contributed by atoms with E-state index in [1.165, 1.54) is 11.3 Å². The van der Waals surface area contributed by atoms with E-state index in [2.05, 4.69) is 53.2 Å². The third kappa shape index (κ3) is 4.57. The number of anilines is 2. The zero-order chi connectivity index (χ0) is 18.7. The van der Waals surface area contributed by atoms with Gasteiger partial charge in [-0.25, -0.2) is 0 Å². The molecule has 4 nitrogen and oxygen atoms in total. The molecule has 1 saturated heterocycles. The van der Waals surface area contributed by atoms with E-state index in [-0.39, 0.29) is 5.91 Å². The quantitative estimate of drug-likeness (QED) is 0.878. The van der Waals surface area contributed by atoms with Crippen LogP contribution < -0.4 is 10.2 Å². The number of nitrogens with one attached hydrogen (secondary N) is 1. The molecule has 1 atom stereocenters. The molecule has 0 radical (unpaired) electrons. The Labute approximate surface area is 160 Å². The van der Waals surface area contributed by atoms with E-state index in [1.807, 2.05) is 19.1 Å². The van der Waals surface area contributed by atoms with E-state index in [0.29, 0.717) is 17.6 Å². The molecule has 0 aliphatic carbocycles. The van der Waals surface area contributed by atoms with Gasteiger partial charge in [0.15, 0.2) is 0 Å². The molecule has 1 N–H and O–H groups in total. The maximum Gasteiger partial charge on any atom is 0.238 e. The summed E-state index contributed by atoms with van der Waals surface area (Å²) >= 11 is 6.03. The van der Waals surface area contributed by atoms with Crippen LogP contribution in [0.1, 0.15) is 18.1 Å². The molecule has 1 unspecified atom stereocenters. The fourth-order valence-electron chi connectivity index (χ4n) is 3.42. The highest BCUT2D eigenvalue weighted by molar-refractivity contribution is 6.31. The summed E-state index contributed by atoms with van der Waals surface area (Å²) in [5, 5.41) is 3.61. The van der Waals surface area contributed by atoms with Crippen molar-refractivity contribution in [1.82, 2.24) is 4.90 Å². The molecule has 0 spiro atoms. The van der Waals surface area contributed by atoms with Gasteiger partial charge >= 0.3 is 0 Å². The first-order chi connectivity index (χ1) is 12.4. The number of benzene rings is 2. The number of carbonyl (C=O) groups excluding carboxylic acids is 1. The SMILES string of the molecule is Cc1ccc(N2CCN(CC(=O)Nc3cc(Cl)ccc3C)CC2C)cc1. The topological polar surface area (TPSA) is 35.6 Å². The predicted molar refractivity (Wildman–Crippen MR) is 109 cm³/mol. The van der Waals surface area contributed by atoms with Gasteiger partial charge in [-0.05, 0) is 50.6 Å². The van der Waals surface area contributed by atoms with Gasteiger partial charge in [0.1, 0.15) is 0 Å². The van der Waals surface area contributed by atoms with E-state index >= 15 is 0 Å². The normalized spacial score (nSPS) is 18.0. The lowest BCUT2D eigenvalue weighted by Gasteiger charge is -2.41. The highest BCUT2D eigenvalue weighted by Gasteiger charge is 2.25. The van der Waals surface area contributed by atoms with E-state index in [9.17, 15) is 4.79 Å². The van der Waals surface area contributed by atoms with Crippen LogP contribution in [0.5, 0.6) is 0 Å². The Morgan fingerprint density at radius 2 is 1.88 bits per heavy atom. The fourth-order valence-corrected chi connectivity index (χ4v) is 3.59.